The fraction of sp³-hybridized carbons (Fsp3) is 0.625. The molecule has 0 radical (unpaired) electrons. The zero-order chi connectivity index (χ0) is 25.1. The Morgan fingerprint density at radius 2 is 1.82 bits per heavy atom. The van der Waals surface area contributed by atoms with E-state index in [0.717, 1.165) is 0 Å². The second kappa shape index (κ2) is 10.4. The van der Waals surface area contributed by atoms with Crippen LogP contribution in [-0.2, 0) is 14.3 Å². The summed E-state index contributed by atoms with van der Waals surface area (Å²) in [6, 6.07) is 2.09. The molecule has 184 valence electrons. The first-order valence-electron chi connectivity index (χ1n) is 11.3. The Labute approximate surface area is 195 Å². The van der Waals surface area contributed by atoms with Crippen molar-refractivity contribution in [2.45, 2.75) is 84.7 Å². The molecule has 4 atom stereocenters. The molecular formula is C24H37N3O6. The standard InChI is InChI=1S/C24H37N3O6/c1-13(2)25-21(30)20(16-8-9-19(29)15(4)10-16)27(18-11-14(18)3)22(31)17(12-28)26-23(32)33-24(5,6)7/h8-10,13-14,17-18,20,28-29H,11-12H2,1-7H3,(H,25,30)(H,26,32). The number of amides is 3. The van der Waals surface area contributed by atoms with Crippen molar-refractivity contribution in [1.29, 1.82) is 0 Å². The van der Waals surface area contributed by atoms with Gasteiger partial charge in [-0.2, -0.15) is 0 Å². The third-order valence-electron chi connectivity index (χ3n) is 5.34. The first kappa shape index (κ1) is 26.4. The lowest BCUT2D eigenvalue weighted by Crippen LogP contribution is -2.55. The SMILES string of the molecule is Cc1cc(C(C(=O)NC(C)C)N(C(=O)C(CO)NC(=O)OC(C)(C)C)C2CC2C)ccc1O. The van der Waals surface area contributed by atoms with E-state index in [1.807, 2.05) is 20.8 Å². The van der Waals surface area contributed by atoms with Gasteiger partial charge in [-0.25, -0.2) is 4.79 Å². The number of hydrogen-bond donors (Lipinski definition) is 4. The Balaban J connectivity index is 2.45. The maximum Gasteiger partial charge on any atom is 0.408 e. The summed E-state index contributed by atoms with van der Waals surface area (Å²) in [5.74, 6) is -0.717. The Kier molecular flexibility index (Phi) is 8.35. The first-order chi connectivity index (χ1) is 15.2. The number of benzene rings is 1. The van der Waals surface area contributed by atoms with Crippen molar-refractivity contribution in [2.75, 3.05) is 6.61 Å². The molecule has 33 heavy (non-hydrogen) atoms. The van der Waals surface area contributed by atoms with Gasteiger partial charge in [-0.15, -0.1) is 0 Å². The number of carbonyl (C=O) groups is 3. The molecule has 2 rings (SSSR count). The molecule has 9 heteroatoms. The lowest BCUT2D eigenvalue weighted by atomic mass is 9.99. The van der Waals surface area contributed by atoms with E-state index in [0.29, 0.717) is 17.5 Å². The summed E-state index contributed by atoms with van der Waals surface area (Å²) in [6.07, 6.45) is -0.138. The maximum atomic E-state index is 13.6. The molecule has 0 spiro atoms. The summed E-state index contributed by atoms with van der Waals surface area (Å²) in [5.41, 5.74) is 0.322. The van der Waals surface area contributed by atoms with Crippen molar-refractivity contribution in [2.24, 2.45) is 5.92 Å². The number of aromatic hydroxyl groups is 1. The molecule has 1 saturated carbocycles. The highest BCUT2D eigenvalue weighted by Gasteiger charge is 2.48. The fourth-order valence-corrected chi connectivity index (χ4v) is 3.64. The Bertz CT molecular complexity index is 879. The highest BCUT2D eigenvalue weighted by Crippen LogP contribution is 2.41. The van der Waals surface area contributed by atoms with Gasteiger partial charge in [0.25, 0.3) is 0 Å². The highest BCUT2D eigenvalue weighted by molar-refractivity contribution is 5.92. The van der Waals surface area contributed by atoms with Gasteiger partial charge < -0.3 is 30.5 Å². The number of aliphatic hydroxyl groups is 1. The molecular weight excluding hydrogens is 426 g/mol. The number of nitrogens with zero attached hydrogens (tertiary/aromatic N) is 1. The molecule has 3 amide bonds. The number of phenolic OH excluding ortho intramolecular Hbond substituents is 1. The van der Waals surface area contributed by atoms with Crippen LogP contribution in [0.4, 0.5) is 4.79 Å². The van der Waals surface area contributed by atoms with Crippen molar-refractivity contribution >= 4 is 17.9 Å². The van der Waals surface area contributed by atoms with Gasteiger partial charge in [-0.1, -0.05) is 13.0 Å². The van der Waals surface area contributed by atoms with Gasteiger partial charge >= 0.3 is 6.09 Å². The van der Waals surface area contributed by atoms with Crippen LogP contribution in [0.1, 0.15) is 65.1 Å². The molecule has 1 aliphatic rings. The zero-order valence-corrected chi connectivity index (χ0v) is 20.5. The summed E-state index contributed by atoms with van der Waals surface area (Å²) in [4.78, 5) is 40.7. The third-order valence-corrected chi connectivity index (χ3v) is 5.34. The minimum Gasteiger partial charge on any atom is -0.508 e. The van der Waals surface area contributed by atoms with Crippen molar-refractivity contribution in [1.82, 2.24) is 15.5 Å². The molecule has 0 bridgehead atoms. The monoisotopic (exact) mass is 463 g/mol. The van der Waals surface area contributed by atoms with E-state index in [4.69, 9.17) is 4.74 Å². The van der Waals surface area contributed by atoms with E-state index in [9.17, 15) is 24.6 Å². The molecule has 0 saturated heterocycles. The largest absolute Gasteiger partial charge is 0.508 e. The highest BCUT2D eigenvalue weighted by atomic mass is 16.6. The second-order valence-electron chi connectivity index (χ2n) is 10.0. The van der Waals surface area contributed by atoms with Crippen LogP contribution in [0.2, 0.25) is 0 Å². The summed E-state index contributed by atoms with van der Waals surface area (Å²) < 4.78 is 5.23. The smallest absolute Gasteiger partial charge is 0.408 e. The lowest BCUT2D eigenvalue weighted by Gasteiger charge is -2.35. The minimum atomic E-state index is -1.28. The molecule has 0 aromatic heterocycles. The molecule has 1 aliphatic carbocycles. The molecule has 1 aromatic carbocycles. The van der Waals surface area contributed by atoms with Gasteiger partial charge in [0, 0.05) is 12.1 Å². The van der Waals surface area contributed by atoms with E-state index in [-0.39, 0.29) is 29.7 Å². The summed E-state index contributed by atoms with van der Waals surface area (Å²) in [7, 11) is 0. The van der Waals surface area contributed by atoms with E-state index in [2.05, 4.69) is 10.6 Å². The van der Waals surface area contributed by atoms with Crippen LogP contribution in [0.15, 0.2) is 18.2 Å². The van der Waals surface area contributed by atoms with Gasteiger partial charge in [0.1, 0.15) is 23.4 Å². The average Bonchev–Trinajstić information content (AvgIpc) is 3.39. The fourth-order valence-electron chi connectivity index (χ4n) is 3.64. The molecule has 4 unspecified atom stereocenters. The van der Waals surface area contributed by atoms with E-state index >= 15 is 0 Å². The van der Waals surface area contributed by atoms with Crippen LogP contribution < -0.4 is 10.6 Å². The zero-order valence-electron chi connectivity index (χ0n) is 20.5. The lowest BCUT2D eigenvalue weighted by molar-refractivity contribution is -0.144. The third kappa shape index (κ3) is 7.08. The van der Waals surface area contributed by atoms with Gasteiger partial charge in [-0.3, -0.25) is 9.59 Å². The number of alkyl carbamates (subject to hydrolysis) is 1. The van der Waals surface area contributed by atoms with E-state index < -0.39 is 36.3 Å². The molecule has 9 nitrogen and oxygen atoms in total. The summed E-state index contributed by atoms with van der Waals surface area (Å²) in [5, 5.41) is 25.2. The van der Waals surface area contributed by atoms with Crippen LogP contribution in [0.25, 0.3) is 0 Å². The van der Waals surface area contributed by atoms with Crippen molar-refractivity contribution in [3.8, 4) is 5.75 Å². The van der Waals surface area contributed by atoms with E-state index in [1.165, 1.54) is 11.0 Å². The van der Waals surface area contributed by atoms with Crippen LogP contribution in [-0.4, -0.2) is 63.4 Å². The number of aliphatic hydroxyl groups excluding tert-OH is 1. The topological polar surface area (TPSA) is 128 Å². The normalized spacial score (nSPS) is 19.4. The van der Waals surface area contributed by atoms with Crippen molar-refractivity contribution in [3.05, 3.63) is 29.3 Å². The number of hydrogen-bond acceptors (Lipinski definition) is 6. The molecule has 1 aromatic rings. The Morgan fingerprint density at radius 1 is 1.21 bits per heavy atom. The van der Waals surface area contributed by atoms with Crippen LogP contribution in [0, 0.1) is 12.8 Å². The van der Waals surface area contributed by atoms with E-state index in [1.54, 1.807) is 39.8 Å². The first-order valence-corrected chi connectivity index (χ1v) is 11.3. The van der Waals surface area contributed by atoms with Gasteiger partial charge in [0.05, 0.1) is 6.61 Å². The van der Waals surface area contributed by atoms with Crippen LogP contribution in [0.5, 0.6) is 5.75 Å². The van der Waals surface area contributed by atoms with Crippen LogP contribution >= 0.6 is 0 Å². The van der Waals surface area contributed by atoms with Gasteiger partial charge in [-0.05, 0) is 77.1 Å². The molecule has 1 fully saturated rings. The Hall–Kier alpha value is -2.81. The number of ether oxygens (including phenoxy) is 1. The number of aryl methyl sites for hydroxylation is 1. The maximum absolute atomic E-state index is 13.6. The van der Waals surface area contributed by atoms with Crippen molar-refractivity contribution < 1.29 is 29.3 Å². The second-order valence-corrected chi connectivity index (χ2v) is 10.0. The minimum absolute atomic E-state index is 0.0826. The van der Waals surface area contributed by atoms with Crippen LogP contribution in [0.3, 0.4) is 0 Å². The number of carbonyl (C=O) groups excluding carboxylic acids is 3. The predicted octanol–water partition coefficient (Wildman–Crippen LogP) is 2.39. The summed E-state index contributed by atoms with van der Waals surface area (Å²) >= 11 is 0. The van der Waals surface area contributed by atoms with Crippen molar-refractivity contribution in [3.63, 3.8) is 0 Å². The summed E-state index contributed by atoms with van der Waals surface area (Å²) in [6.45, 7) is 11.8. The average molecular weight is 464 g/mol. The predicted molar refractivity (Wildman–Crippen MR) is 124 cm³/mol. The molecule has 0 aliphatic heterocycles. The number of phenols is 1. The molecule has 0 heterocycles. The number of nitrogens with one attached hydrogen (secondary N) is 2. The molecule has 4 N–H and O–H groups in total. The van der Waals surface area contributed by atoms with Gasteiger partial charge in [0.15, 0.2) is 0 Å². The quantitative estimate of drug-likeness (QED) is 0.469. The Morgan fingerprint density at radius 3 is 2.27 bits per heavy atom. The number of rotatable bonds is 8. The van der Waals surface area contributed by atoms with Gasteiger partial charge in [0.2, 0.25) is 11.8 Å².